The van der Waals surface area contributed by atoms with Crippen molar-refractivity contribution < 1.29 is 4.21 Å². The fourth-order valence-electron chi connectivity index (χ4n) is 2.18. The maximum absolute atomic E-state index is 11.3. The Labute approximate surface area is 119 Å². The number of benzene rings is 1. The van der Waals surface area contributed by atoms with Gasteiger partial charge in [0.1, 0.15) is 0 Å². The second kappa shape index (κ2) is 7.78. The minimum Gasteiger partial charge on any atom is -0.311 e. The minimum atomic E-state index is -0.890. The largest absolute Gasteiger partial charge is 0.311 e. The molecule has 0 aliphatic carbocycles. The molecule has 0 spiro atoms. The van der Waals surface area contributed by atoms with Gasteiger partial charge in [0.05, 0.1) is 0 Å². The van der Waals surface area contributed by atoms with E-state index in [-0.39, 0.29) is 0 Å². The monoisotopic (exact) mass is 282 g/mol. The minimum absolute atomic E-state index is 0.544. The number of rotatable bonds is 7. The predicted molar refractivity (Wildman–Crippen MR) is 82.8 cm³/mol. The molecule has 0 heterocycles. The first-order valence-electron chi connectivity index (χ1n) is 6.71. The van der Waals surface area contributed by atoms with Crippen molar-refractivity contribution in [3.05, 3.63) is 29.8 Å². The van der Waals surface area contributed by atoms with Gasteiger partial charge in [0.15, 0.2) is 0 Å². The summed E-state index contributed by atoms with van der Waals surface area (Å²) in [6, 6.07) is 8.52. The Hall–Kier alpha value is -0.710. The molecule has 19 heavy (non-hydrogen) atoms. The van der Waals surface area contributed by atoms with E-state index < -0.39 is 10.8 Å². The molecule has 0 amide bonds. The van der Waals surface area contributed by atoms with Crippen molar-refractivity contribution in [3.63, 3.8) is 0 Å². The van der Waals surface area contributed by atoms with Crippen LogP contribution in [0.3, 0.4) is 0 Å². The third kappa shape index (κ3) is 5.43. The van der Waals surface area contributed by atoms with E-state index in [4.69, 9.17) is 0 Å². The third-order valence-electron chi connectivity index (χ3n) is 3.37. The van der Waals surface area contributed by atoms with Gasteiger partial charge >= 0.3 is 0 Å². The van der Waals surface area contributed by atoms with E-state index in [1.165, 1.54) is 5.56 Å². The molecule has 0 bridgehead atoms. The average molecular weight is 282 g/mol. The van der Waals surface area contributed by atoms with Gasteiger partial charge in [-0.15, -0.1) is 0 Å². The maximum atomic E-state index is 11.3. The Kier molecular flexibility index (Phi) is 6.69. The van der Waals surface area contributed by atoms with E-state index in [9.17, 15) is 4.21 Å². The fraction of sp³-hybridized carbons (Fsp3) is 0.600. The average Bonchev–Trinajstić information content (AvgIpc) is 2.34. The smallest absolute Gasteiger partial charge is 0.0498 e. The summed E-state index contributed by atoms with van der Waals surface area (Å²) >= 11 is 0. The highest BCUT2D eigenvalue weighted by atomic mass is 32.2. The second-order valence-corrected chi connectivity index (χ2v) is 6.88. The lowest BCUT2D eigenvalue weighted by atomic mass is 10.0. The van der Waals surface area contributed by atoms with Gasteiger partial charge in [0.2, 0.25) is 0 Å². The quantitative estimate of drug-likeness (QED) is 0.831. The van der Waals surface area contributed by atoms with Crippen LogP contribution in [0.5, 0.6) is 0 Å². The molecule has 2 atom stereocenters. The van der Waals surface area contributed by atoms with Gasteiger partial charge in [-0.3, -0.25) is 4.21 Å². The molecule has 0 fully saturated rings. The molecule has 1 rings (SSSR count). The van der Waals surface area contributed by atoms with Crippen LogP contribution in [0.15, 0.2) is 29.2 Å². The first-order chi connectivity index (χ1) is 8.91. The molecular formula is C15H26N2OS. The molecule has 1 aromatic carbocycles. The van der Waals surface area contributed by atoms with E-state index in [1.807, 2.05) is 24.3 Å². The maximum Gasteiger partial charge on any atom is 0.0498 e. The lowest BCUT2D eigenvalue weighted by molar-refractivity contribution is 0.224. The summed E-state index contributed by atoms with van der Waals surface area (Å²) in [5.41, 5.74) is 1.23. The summed E-state index contributed by atoms with van der Waals surface area (Å²) in [6.45, 7) is 6.33. The normalized spacial score (nSPS) is 14.9. The van der Waals surface area contributed by atoms with Crippen molar-refractivity contribution in [3.8, 4) is 0 Å². The standard InChI is InChI=1S/C15H26N2OS/c1-12(2)15(17(3)4)11-16-10-13-6-8-14(9-7-13)19(5)18/h6-9,12,15-16H,10-11H2,1-5H3/t15-,19-/m1/s1. The summed E-state index contributed by atoms with van der Waals surface area (Å²) in [5.74, 6) is 0.632. The first-order valence-corrected chi connectivity index (χ1v) is 8.27. The molecule has 0 saturated carbocycles. The molecule has 1 N–H and O–H groups in total. The van der Waals surface area contributed by atoms with Crippen LogP contribution >= 0.6 is 0 Å². The second-order valence-electron chi connectivity index (χ2n) is 5.50. The van der Waals surface area contributed by atoms with E-state index in [2.05, 4.69) is 38.2 Å². The number of nitrogens with one attached hydrogen (secondary N) is 1. The molecule has 3 nitrogen and oxygen atoms in total. The van der Waals surface area contributed by atoms with Crippen LogP contribution < -0.4 is 5.32 Å². The van der Waals surface area contributed by atoms with Gasteiger partial charge in [-0.05, 0) is 37.7 Å². The van der Waals surface area contributed by atoms with Crippen molar-refractivity contribution in [2.75, 3.05) is 26.9 Å². The van der Waals surface area contributed by atoms with Gasteiger partial charge in [-0.2, -0.15) is 0 Å². The molecule has 4 heteroatoms. The third-order valence-corrected chi connectivity index (χ3v) is 4.31. The molecule has 0 unspecified atom stereocenters. The van der Waals surface area contributed by atoms with Crippen molar-refractivity contribution >= 4 is 10.8 Å². The lowest BCUT2D eigenvalue weighted by Gasteiger charge is -2.28. The van der Waals surface area contributed by atoms with Crippen LogP contribution in [-0.2, 0) is 17.3 Å². The van der Waals surface area contributed by atoms with Crippen molar-refractivity contribution in [2.24, 2.45) is 5.92 Å². The summed E-state index contributed by atoms with van der Waals surface area (Å²) in [5, 5.41) is 3.50. The highest BCUT2D eigenvalue weighted by Crippen LogP contribution is 2.09. The molecule has 0 radical (unpaired) electrons. The molecule has 0 saturated heterocycles. The Morgan fingerprint density at radius 3 is 2.21 bits per heavy atom. The molecule has 0 aliphatic heterocycles. The number of nitrogens with zero attached hydrogens (tertiary/aromatic N) is 1. The van der Waals surface area contributed by atoms with Gasteiger partial charge in [-0.25, -0.2) is 0 Å². The van der Waals surface area contributed by atoms with E-state index >= 15 is 0 Å². The zero-order valence-electron chi connectivity index (χ0n) is 12.6. The Bertz CT molecular complexity index is 393. The zero-order chi connectivity index (χ0) is 14.4. The van der Waals surface area contributed by atoms with Crippen molar-refractivity contribution in [1.82, 2.24) is 10.2 Å². The summed E-state index contributed by atoms with van der Waals surface area (Å²) in [7, 11) is 3.36. The molecule has 0 aromatic heterocycles. The van der Waals surface area contributed by atoms with Crippen molar-refractivity contribution in [2.45, 2.75) is 31.3 Å². The lowest BCUT2D eigenvalue weighted by Crippen LogP contribution is -2.41. The first kappa shape index (κ1) is 16.3. The van der Waals surface area contributed by atoms with Gasteiger partial charge < -0.3 is 10.2 Å². The van der Waals surface area contributed by atoms with Crippen LogP contribution in [0.4, 0.5) is 0 Å². The topological polar surface area (TPSA) is 32.3 Å². The van der Waals surface area contributed by atoms with E-state index in [1.54, 1.807) is 6.26 Å². The van der Waals surface area contributed by atoms with E-state index in [0.717, 1.165) is 18.0 Å². The zero-order valence-corrected chi connectivity index (χ0v) is 13.5. The fourth-order valence-corrected chi connectivity index (χ4v) is 2.70. The van der Waals surface area contributed by atoms with Gasteiger partial charge in [0, 0.05) is 41.1 Å². The van der Waals surface area contributed by atoms with E-state index in [0.29, 0.717) is 12.0 Å². The Morgan fingerprint density at radius 2 is 1.79 bits per heavy atom. The summed E-state index contributed by atoms with van der Waals surface area (Å²) in [4.78, 5) is 3.15. The van der Waals surface area contributed by atoms with Gasteiger partial charge in [0.25, 0.3) is 0 Å². The van der Waals surface area contributed by atoms with Crippen LogP contribution in [0.1, 0.15) is 19.4 Å². The number of hydrogen-bond acceptors (Lipinski definition) is 3. The summed E-state index contributed by atoms with van der Waals surface area (Å²) in [6.07, 6.45) is 1.71. The van der Waals surface area contributed by atoms with Crippen LogP contribution in [0.2, 0.25) is 0 Å². The Morgan fingerprint density at radius 1 is 1.21 bits per heavy atom. The highest BCUT2D eigenvalue weighted by molar-refractivity contribution is 7.84. The van der Waals surface area contributed by atoms with Crippen LogP contribution in [0, 0.1) is 5.92 Å². The SMILES string of the molecule is CC(C)[C@@H](CNCc1ccc([S@@](C)=O)cc1)N(C)C. The molecular weight excluding hydrogens is 256 g/mol. The highest BCUT2D eigenvalue weighted by Gasteiger charge is 2.14. The molecule has 1 aromatic rings. The van der Waals surface area contributed by atoms with Crippen LogP contribution in [-0.4, -0.2) is 42.0 Å². The number of hydrogen-bond donors (Lipinski definition) is 1. The Balaban J connectivity index is 2.46. The predicted octanol–water partition coefficient (Wildman–Crippen LogP) is 2.10. The molecule has 108 valence electrons. The van der Waals surface area contributed by atoms with Crippen LogP contribution in [0.25, 0.3) is 0 Å². The van der Waals surface area contributed by atoms with Gasteiger partial charge in [-0.1, -0.05) is 26.0 Å². The van der Waals surface area contributed by atoms with Crippen molar-refractivity contribution in [1.29, 1.82) is 0 Å². The summed E-state index contributed by atoms with van der Waals surface area (Å²) < 4.78 is 11.3. The number of likely N-dealkylation sites (N-methyl/N-ethyl adjacent to an activating group) is 1. The molecule has 0 aliphatic rings.